The van der Waals surface area contributed by atoms with Crippen molar-refractivity contribution in [1.29, 1.82) is 0 Å². The SMILES string of the molecule is CNc1ccc(C(=O)NCCC2CCc3ccccc32)cc1F. The fraction of sp³-hybridized carbons (Fsp3) is 0.316. The summed E-state index contributed by atoms with van der Waals surface area (Å²) >= 11 is 0. The Kier molecular flexibility index (Phi) is 4.60. The Balaban J connectivity index is 1.55. The van der Waals surface area contributed by atoms with E-state index in [1.807, 2.05) is 0 Å². The molecule has 1 aliphatic rings. The van der Waals surface area contributed by atoms with Crippen LogP contribution in [0.1, 0.15) is 40.2 Å². The number of fused-ring (bicyclic) bond motifs is 1. The van der Waals surface area contributed by atoms with E-state index in [1.54, 1.807) is 19.2 Å². The van der Waals surface area contributed by atoms with Crippen molar-refractivity contribution < 1.29 is 9.18 Å². The molecule has 0 aliphatic heterocycles. The predicted octanol–water partition coefficient (Wildman–Crippen LogP) is 3.72. The summed E-state index contributed by atoms with van der Waals surface area (Å²) in [6, 6.07) is 13.0. The van der Waals surface area contributed by atoms with Gasteiger partial charge in [0.1, 0.15) is 5.82 Å². The number of benzene rings is 2. The molecule has 1 aliphatic carbocycles. The fourth-order valence-corrected chi connectivity index (χ4v) is 3.27. The van der Waals surface area contributed by atoms with Gasteiger partial charge in [-0.1, -0.05) is 24.3 Å². The maximum atomic E-state index is 13.7. The number of hydrogen-bond acceptors (Lipinski definition) is 2. The normalized spacial score (nSPS) is 16.0. The Morgan fingerprint density at radius 1 is 1.26 bits per heavy atom. The zero-order valence-electron chi connectivity index (χ0n) is 13.2. The first-order valence-corrected chi connectivity index (χ1v) is 8.02. The molecule has 1 amide bonds. The number of carbonyl (C=O) groups excluding carboxylic acids is 1. The van der Waals surface area contributed by atoms with Crippen molar-refractivity contribution in [3.8, 4) is 0 Å². The van der Waals surface area contributed by atoms with Gasteiger partial charge in [0.15, 0.2) is 0 Å². The van der Waals surface area contributed by atoms with Crippen LogP contribution in [0.5, 0.6) is 0 Å². The fourth-order valence-electron chi connectivity index (χ4n) is 3.27. The molecule has 3 rings (SSSR count). The van der Waals surface area contributed by atoms with Crippen LogP contribution in [-0.2, 0) is 6.42 Å². The maximum Gasteiger partial charge on any atom is 0.251 e. The monoisotopic (exact) mass is 312 g/mol. The van der Waals surface area contributed by atoms with Crippen molar-refractivity contribution in [3.05, 3.63) is 65.0 Å². The minimum Gasteiger partial charge on any atom is -0.386 e. The third kappa shape index (κ3) is 3.36. The summed E-state index contributed by atoms with van der Waals surface area (Å²) in [6.07, 6.45) is 3.17. The lowest BCUT2D eigenvalue weighted by molar-refractivity contribution is 0.0952. The molecule has 0 aromatic heterocycles. The van der Waals surface area contributed by atoms with Crippen LogP contribution >= 0.6 is 0 Å². The highest BCUT2D eigenvalue weighted by molar-refractivity contribution is 5.94. The number of halogens is 1. The van der Waals surface area contributed by atoms with Gasteiger partial charge in [0.05, 0.1) is 5.69 Å². The summed E-state index contributed by atoms with van der Waals surface area (Å²) in [5.41, 5.74) is 3.58. The number of anilines is 1. The molecule has 0 radical (unpaired) electrons. The largest absolute Gasteiger partial charge is 0.386 e. The third-order valence-electron chi connectivity index (χ3n) is 4.54. The molecule has 2 aromatic carbocycles. The Hall–Kier alpha value is -2.36. The van der Waals surface area contributed by atoms with Crippen LogP contribution in [0.2, 0.25) is 0 Å². The van der Waals surface area contributed by atoms with Crippen LogP contribution in [0.25, 0.3) is 0 Å². The average Bonchev–Trinajstić information content (AvgIpc) is 2.98. The van der Waals surface area contributed by atoms with Gasteiger partial charge in [-0.25, -0.2) is 4.39 Å². The van der Waals surface area contributed by atoms with Gasteiger partial charge in [-0.15, -0.1) is 0 Å². The summed E-state index contributed by atoms with van der Waals surface area (Å²) in [6.45, 7) is 0.604. The lowest BCUT2D eigenvalue weighted by Gasteiger charge is -2.12. The minimum atomic E-state index is -0.412. The van der Waals surface area contributed by atoms with Gasteiger partial charge < -0.3 is 10.6 Å². The van der Waals surface area contributed by atoms with Gasteiger partial charge in [0.25, 0.3) is 5.91 Å². The van der Waals surface area contributed by atoms with Gasteiger partial charge in [-0.2, -0.15) is 0 Å². The van der Waals surface area contributed by atoms with Crippen molar-refractivity contribution in [2.75, 3.05) is 18.9 Å². The lowest BCUT2D eigenvalue weighted by Crippen LogP contribution is -2.25. The van der Waals surface area contributed by atoms with E-state index in [2.05, 4.69) is 34.9 Å². The van der Waals surface area contributed by atoms with Gasteiger partial charge in [0, 0.05) is 19.2 Å². The molecule has 23 heavy (non-hydrogen) atoms. The quantitative estimate of drug-likeness (QED) is 0.883. The van der Waals surface area contributed by atoms with Crippen LogP contribution < -0.4 is 10.6 Å². The van der Waals surface area contributed by atoms with E-state index in [0.29, 0.717) is 23.7 Å². The van der Waals surface area contributed by atoms with E-state index in [0.717, 1.165) is 19.3 Å². The Bertz CT molecular complexity index is 714. The standard InChI is InChI=1S/C19H21FN2O/c1-21-18-9-8-15(12-17(18)20)19(23)22-11-10-14-7-6-13-4-2-3-5-16(13)14/h2-5,8-9,12,14,21H,6-7,10-11H2,1H3,(H,22,23). The van der Waals surface area contributed by atoms with Crippen LogP contribution in [0.4, 0.5) is 10.1 Å². The molecule has 1 unspecified atom stereocenters. The second kappa shape index (κ2) is 6.82. The molecular weight excluding hydrogens is 291 g/mol. The smallest absolute Gasteiger partial charge is 0.251 e. The summed E-state index contributed by atoms with van der Waals surface area (Å²) < 4.78 is 13.7. The van der Waals surface area contributed by atoms with Crippen LogP contribution in [0.15, 0.2) is 42.5 Å². The molecule has 2 N–H and O–H groups in total. The lowest BCUT2D eigenvalue weighted by atomic mass is 9.98. The molecule has 2 aromatic rings. The second-order valence-electron chi connectivity index (χ2n) is 5.92. The molecule has 120 valence electrons. The molecular formula is C19H21FN2O. The van der Waals surface area contributed by atoms with E-state index in [1.165, 1.54) is 17.2 Å². The Morgan fingerprint density at radius 2 is 2.09 bits per heavy atom. The predicted molar refractivity (Wildman–Crippen MR) is 90.4 cm³/mol. The number of nitrogens with one attached hydrogen (secondary N) is 2. The highest BCUT2D eigenvalue weighted by Crippen LogP contribution is 2.34. The number of carbonyl (C=O) groups is 1. The van der Waals surface area contributed by atoms with Crippen molar-refractivity contribution in [1.82, 2.24) is 5.32 Å². The van der Waals surface area contributed by atoms with E-state index in [9.17, 15) is 9.18 Å². The Morgan fingerprint density at radius 3 is 2.87 bits per heavy atom. The Labute approximate surface area is 135 Å². The van der Waals surface area contributed by atoms with E-state index in [-0.39, 0.29) is 5.91 Å². The highest BCUT2D eigenvalue weighted by atomic mass is 19.1. The minimum absolute atomic E-state index is 0.224. The summed E-state index contributed by atoms with van der Waals surface area (Å²) in [4.78, 5) is 12.1. The van der Waals surface area contributed by atoms with Crippen LogP contribution in [0.3, 0.4) is 0 Å². The molecule has 0 bridgehead atoms. The second-order valence-corrected chi connectivity index (χ2v) is 5.92. The number of amides is 1. The van der Waals surface area contributed by atoms with Gasteiger partial charge in [-0.05, 0) is 54.5 Å². The van der Waals surface area contributed by atoms with Crippen molar-refractivity contribution in [3.63, 3.8) is 0 Å². The average molecular weight is 312 g/mol. The van der Waals surface area contributed by atoms with Crippen molar-refractivity contribution >= 4 is 11.6 Å². The van der Waals surface area contributed by atoms with Crippen molar-refractivity contribution in [2.45, 2.75) is 25.2 Å². The van der Waals surface area contributed by atoms with Crippen LogP contribution in [-0.4, -0.2) is 19.5 Å². The molecule has 0 saturated heterocycles. The van der Waals surface area contributed by atoms with Gasteiger partial charge in [-0.3, -0.25) is 4.79 Å². The topological polar surface area (TPSA) is 41.1 Å². The van der Waals surface area contributed by atoms with Crippen molar-refractivity contribution in [2.24, 2.45) is 0 Å². The van der Waals surface area contributed by atoms with E-state index >= 15 is 0 Å². The first-order chi connectivity index (χ1) is 11.2. The third-order valence-corrected chi connectivity index (χ3v) is 4.54. The number of rotatable bonds is 5. The highest BCUT2D eigenvalue weighted by Gasteiger charge is 2.21. The molecule has 1 atom stereocenters. The molecule has 0 heterocycles. The molecule has 4 heteroatoms. The zero-order chi connectivity index (χ0) is 16.2. The van der Waals surface area contributed by atoms with E-state index < -0.39 is 5.82 Å². The van der Waals surface area contributed by atoms with Crippen LogP contribution in [0, 0.1) is 5.82 Å². The molecule has 3 nitrogen and oxygen atoms in total. The maximum absolute atomic E-state index is 13.7. The first kappa shape index (κ1) is 15.5. The summed E-state index contributed by atoms with van der Waals surface area (Å²) in [7, 11) is 1.65. The first-order valence-electron chi connectivity index (χ1n) is 8.02. The number of aryl methyl sites for hydroxylation is 1. The van der Waals surface area contributed by atoms with E-state index in [4.69, 9.17) is 0 Å². The number of hydrogen-bond donors (Lipinski definition) is 2. The molecule has 0 fully saturated rings. The molecule has 0 saturated carbocycles. The summed E-state index contributed by atoms with van der Waals surface area (Å²) in [5, 5.41) is 5.64. The summed E-state index contributed by atoms with van der Waals surface area (Å²) in [5.74, 6) is -0.127. The van der Waals surface area contributed by atoms with Gasteiger partial charge in [0.2, 0.25) is 0 Å². The molecule has 0 spiro atoms. The van der Waals surface area contributed by atoms with Gasteiger partial charge >= 0.3 is 0 Å². The zero-order valence-corrected chi connectivity index (χ0v) is 13.2.